The van der Waals surface area contributed by atoms with Crippen molar-refractivity contribution in [2.24, 2.45) is 23.2 Å². The molecule has 4 atom stereocenters. The average Bonchev–Trinajstić information content (AvgIpc) is 3.32. The van der Waals surface area contributed by atoms with Crippen molar-refractivity contribution in [3.63, 3.8) is 0 Å². The molecule has 0 saturated heterocycles. The second-order valence-corrected chi connectivity index (χ2v) is 9.16. The van der Waals surface area contributed by atoms with Gasteiger partial charge in [0.05, 0.1) is 5.60 Å². The number of hydrogen-bond donors (Lipinski definition) is 1. The van der Waals surface area contributed by atoms with Gasteiger partial charge in [0.15, 0.2) is 5.78 Å². The van der Waals surface area contributed by atoms with Crippen molar-refractivity contribution in [2.75, 3.05) is 0 Å². The van der Waals surface area contributed by atoms with E-state index in [1.807, 2.05) is 6.08 Å². The highest BCUT2D eigenvalue weighted by atomic mass is 16.3. The third kappa shape index (κ3) is 2.02. The molecule has 2 fully saturated rings. The molecule has 2 heteroatoms. The molecule has 0 heterocycles. The summed E-state index contributed by atoms with van der Waals surface area (Å²) in [6.07, 6.45) is 16.2. The lowest BCUT2D eigenvalue weighted by Gasteiger charge is -2.48. The highest BCUT2D eigenvalue weighted by Gasteiger charge is 2.59. The van der Waals surface area contributed by atoms with Crippen LogP contribution in [0.3, 0.4) is 0 Å². The lowest BCUT2D eigenvalue weighted by Crippen LogP contribution is -2.47. The van der Waals surface area contributed by atoms with Crippen LogP contribution in [0.2, 0.25) is 0 Å². The Hall–Kier alpha value is -1.15. The summed E-state index contributed by atoms with van der Waals surface area (Å²) < 4.78 is 0. The molecule has 0 spiro atoms. The predicted octanol–water partition coefficient (Wildman–Crippen LogP) is 4.50. The van der Waals surface area contributed by atoms with Crippen molar-refractivity contribution in [3.8, 4) is 0 Å². The SMILES string of the molecule is C[C@]12C=CC3=C4CCC(=O)C=C4CC[C@H]3[C@@H]1CC[C@@]2(O)CC1CC1. The molecule has 0 radical (unpaired) electrons. The molecule has 5 rings (SSSR count). The first kappa shape index (κ1) is 15.1. The van der Waals surface area contributed by atoms with Crippen LogP contribution in [-0.4, -0.2) is 16.5 Å². The predicted molar refractivity (Wildman–Crippen MR) is 94.3 cm³/mol. The number of fused-ring (bicyclic) bond motifs is 4. The highest BCUT2D eigenvalue weighted by Crippen LogP contribution is 2.63. The first-order valence-corrected chi connectivity index (χ1v) is 9.89. The monoisotopic (exact) mass is 324 g/mol. The molecular formula is C22H28O2. The van der Waals surface area contributed by atoms with Crippen LogP contribution in [0, 0.1) is 23.2 Å². The van der Waals surface area contributed by atoms with Crippen molar-refractivity contribution >= 4 is 5.78 Å². The number of hydrogen-bond acceptors (Lipinski definition) is 2. The van der Waals surface area contributed by atoms with E-state index in [2.05, 4.69) is 19.1 Å². The fourth-order valence-electron chi connectivity index (χ4n) is 6.24. The van der Waals surface area contributed by atoms with Gasteiger partial charge in [0.25, 0.3) is 0 Å². The van der Waals surface area contributed by atoms with Gasteiger partial charge < -0.3 is 5.11 Å². The Morgan fingerprint density at radius 2 is 2.00 bits per heavy atom. The molecule has 0 aromatic carbocycles. The normalized spacial score (nSPS) is 44.1. The molecule has 0 unspecified atom stereocenters. The van der Waals surface area contributed by atoms with E-state index in [0.717, 1.165) is 44.4 Å². The quantitative estimate of drug-likeness (QED) is 0.812. The van der Waals surface area contributed by atoms with E-state index in [1.54, 1.807) is 0 Å². The minimum atomic E-state index is -0.496. The fourth-order valence-corrected chi connectivity index (χ4v) is 6.24. The van der Waals surface area contributed by atoms with E-state index in [0.29, 0.717) is 24.0 Å². The molecule has 2 saturated carbocycles. The minimum Gasteiger partial charge on any atom is -0.389 e. The van der Waals surface area contributed by atoms with Gasteiger partial charge in [-0.05, 0) is 79.1 Å². The highest BCUT2D eigenvalue weighted by molar-refractivity contribution is 5.93. The molecule has 1 N–H and O–H groups in total. The van der Waals surface area contributed by atoms with Crippen LogP contribution in [0.15, 0.2) is 34.9 Å². The maximum absolute atomic E-state index is 11.8. The third-order valence-electron chi connectivity index (χ3n) is 7.88. The Balaban J connectivity index is 1.55. The standard InChI is InChI=1S/C22H28O2/c1-21-10-8-18-17-7-5-16(23)12-15(17)4-6-19(18)20(21)9-11-22(21,24)13-14-2-3-14/h8,10,12,14,19-20,24H,2-7,9,11,13H2,1H3/t19-,20+,21+,22-/m1/s1. The fraction of sp³-hybridized carbons (Fsp3) is 0.682. The van der Waals surface area contributed by atoms with E-state index < -0.39 is 5.60 Å². The Morgan fingerprint density at radius 1 is 1.17 bits per heavy atom. The first-order chi connectivity index (χ1) is 11.5. The summed E-state index contributed by atoms with van der Waals surface area (Å²) in [5.74, 6) is 2.24. The van der Waals surface area contributed by atoms with Crippen LogP contribution < -0.4 is 0 Å². The zero-order chi connectivity index (χ0) is 16.5. The van der Waals surface area contributed by atoms with Crippen molar-refractivity contribution in [2.45, 2.75) is 70.3 Å². The maximum atomic E-state index is 11.8. The summed E-state index contributed by atoms with van der Waals surface area (Å²) in [5.41, 5.74) is 3.71. The van der Waals surface area contributed by atoms with Gasteiger partial charge in [0.2, 0.25) is 0 Å². The first-order valence-electron chi connectivity index (χ1n) is 9.89. The lowest BCUT2D eigenvalue weighted by atomic mass is 9.57. The van der Waals surface area contributed by atoms with E-state index in [1.165, 1.54) is 29.6 Å². The van der Waals surface area contributed by atoms with Crippen molar-refractivity contribution in [1.29, 1.82) is 0 Å². The number of rotatable bonds is 2. The molecule has 5 aliphatic carbocycles. The summed E-state index contributed by atoms with van der Waals surface area (Å²) in [6.45, 7) is 2.32. The van der Waals surface area contributed by atoms with Crippen LogP contribution in [-0.2, 0) is 4.79 Å². The summed E-state index contributed by atoms with van der Waals surface area (Å²) in [6, 6.07) is 0. The summed E-state index contributed by atoms with van der Waals surface area (Å²) in [5, 5.41) is 11.5. The molecule has 0 amide bonds. The van der Waals surface area contributed by atoms with E-state index in [9.17, 15) is 9.90 Å². The number of carbonyl (C=O) groups is 1. The zero-order valence-electron chi connectivity index (χ0n) is 14.7. The number of allylic oxidation sites excluding steroid dienone is 5. The van der Waals surface area contributed by atoms with Gasteiger partial charge in [-0.25, -0.2) is 0 Å². The summed E-state index contributed by atoms with van der Waals surface area (Å²) >= 11 is 0. The van der Waals surface area contributed by atoms with Gasteiger partial charge in [-0.1, -0.05) is 31.9 Å². The largest absolute Gasteiger partial charge is 0.389 e. The Kier molecular flexibility index (Phi) is 3.11. The van der Waals surface area contributed by atoms with Gasteiger partial charge in [-0.15, -0.1) is 0 Å². The molecule has 0 aromatic heterocycles. The van der Waals surface area contributed by atoms with Crippen LogP contribution in [0.5, 0.6) is 0 Å². The minimum absolute atomic E-state index is 0.0595. The van der Waals surface area contributed by atoms with E-state index in [4.69, 9.17) is 0 Å². The number of ketones is 1. The Bertz CT molecular complexity index is 693. The number of aliphatic hydroxyl groups is 1. The van der Waals surface area contributed by atoms with Gasteiger partial charge in [-0.3, -0.25) is 4.79 Å². The van der Waals surface area contributed by atoms with Crippen LogP contribution in [0.25, 0.3) is 0 Å². The van der Waals surface area contributed by atoms with Gasteiger partial charge >= 0.3 is 0 Å². The molecule has 0 bridgehead atoms. The van der Waals surface area contributed by atoms with E-state index in [-0.39, 0.29) is 5.41 Å². The smallest absolute Gasteiger partial charge is 0.156 e. The summed E-state index contributed by atoms with van der Waals surface area (Å²) in [4.78, 5) is 11.8. The zero-order valence-corrected chi connectivity index (χ0v) is 14.7. The average molecular weight is 324 g/mol. The van der Waals surface area contributed by atoms with Crippen molar-refractivity contribution in [3.05, 3.63) is 34.9 Å². The van der Waals surface area contributed by atoms with Gasteiger partial charge in [0.1, 0.15) is 0 Å². The molecule has 128 valence electrons. The Morgan fingerprint density at radius 3 is 2.79 bits per heavy atom. The van der Waals surface area contributed by atoms with E-state index >= 15 is 0 Å². The van der Waals surface area contributed by atoms with Crippen molar-refractivity contribution < 1.29 is 9.90 Å². The maximum Gasteiger partial charge on any atom is 0.156 e. The molecular weight excluding hydrogens is 296 g/mol. The van der Waals surface area contributed by atoms with Gasteiger partial charge in [0, 0.05) is 11.8 Å². The van der Waals surface area contributed by atoms with Crippen molar-refractivity contribution in [1.82, 2.24) is 0 Å². The number of carbonyl (C=O) groups excluding carboxylic acids is 1. The molecule has 0 aliphatic heterocycles. The topological polar surface area (TPSA) is 37.3 Å². The Labute approximate surface area is 144 Å². The van der Waals surface area contributed by atoms with Crippen LogP contribution in [0.1, 0.15) is 64.7 Å². The van der Waals surface area contributed by atoms with Crippen LogP contribution in [0.4, 0.5) is 0 Å². The third-order valence-corrected chi connectivity index (χ3v) is 7.88. The second kappa shape index (κ2) is 4.94. The van der Waals surface area contributed by atoms with Gasteiger partial charge in [-0.2, -0.15) is 0 Å². The molecule has 0 aromatic rings. The molecule has 2 nitrogen and oxygen atoms in total. The molecule has 5 aliphatic rings. The summed E-state index contributed by atoms with van der Waals surface area (Å²) in [7, 11) is 0. The van der Waals surface area contributed by atoms with Crippen LogP contribution >= 0.6 is 0 Å². The second-order valence-electron chi connectivity index (χ2n) is 9.16. The lowest BCUT2D eigenvalue weighted by molar-refractivity contribution is -0.114. The molecule has 24 heavy (non-hydrogen) atoms.